The van der Waals surface area contributed by atoms with Gasteiger partial charge in [0.2, 0.25) is 5.91 Å². The van der Waals surface area contributed by atoms with Crippen LogP contribution < -0.4 is 19.9 Å². The summed E-state index contributed by atoms with van der Waals surface area (Å²) >= 11 is 0. The Hall–Kier alpha value is -3.72. The Bertz CT molecular complexity index is 1390. The van der Waals surface area contributed by atoms with Gasteiger partial charge < -0.3 is 29.7 Å². The van der Waals surface area contributed by atoms with Crippen LogP contribution in [0.1, 0.15) is 30.7 Å². The third kappa shape index (κ3) is 5.73. The number of amides is 2. The predicted octanol–water partition coefficient (Wildman–Crippen LogP) is 3.98. The smallest absolute Gasteiger partial charge is 0.265 e. The van der Waals surface area contributed by atoms with Gasteiger partial charge in [-0.15, -0.1) is 0 Å². The maximum absolute atomic E-state index is 14.4. The van der Waals surface area contributed by atoms with Gasteiger partial charge >= 0.3 is 0 Å². The molecule has 2 amide bonds. The normalized spacial score (nSPS) is 22.1. The van der Waals surface area contributed by atoms with Gasteiger partial charge in [-0.05, 0) is 54.2 Å². The fourth-order valence-electron chi connectivity index (χ4n) is 6.14. The summed E-state index contributed by atoms with van der Waals surface area (Å²) in [5.74, 6) is -0.269. The van der Waals surface area contributed by atoms with Gasteiger partial charge in [-0.2, -0.15) is 0 Å². The lowest BCUT2D eigenvalue weighted by Gasteiger charge is -2.39. The molecule has 41 heavy (non-hydrogen) atoms. The number of benzene rings is 3. The van der Waals surface area contributed by atoms with Gasteiger partial charge in [0.1, 0.15) is 5.75 Å². The lowest BCUT2D eigenvalue weighted by molar-refractivity contribution is -0.125. The number of carbonyl (C=O) groups excluding carboxylic acids is 2. The summed E-state index contributed by atoms with van der Waals surface area (Å²) in [5, 5.41) is 14.5. The summed E-state index contributed by atoms with van der Waals surface area (Å²) < 4.78 is 10.9. The standard InChI is InChI=1S/C33H37N3O5/c1-40-16-6-15-35-28-18-26(13-14-30(28)41-21-31(35)38)36(25-11-12-25)33(39)27-19-34-20-29(37)32(27)24-10-5-9-23(17-24)22-7-3-2-4-8-22/h2-5,7-10,13-14,17-18,25,27,29,32,34,37H,6,11-12,15-16,19-21H2,1H3/t27-,29+,32+/m0/s1. The maximum atomic E-state index is 14.4. The van der Waals surface area contributed by atoms with E-state index >= 15 is 0 Å². The molecular weight excluding hydrogens is 518 g/mol. The van der Waals surface area contributed by atoms with E-state index in [0.29, 0.717) is 44.1 Å². The molecule has 0 radical (unpaired) electrons. The number of aliphatic hydroxyl groups excluding tert-OH is 1. The minimum absolute atomic E-state index is 0.0000439. The van der Waals surface area contributed by atoms with Crippen molar-refractivity contribution < 1.29 is 24.2 Å². The fourth-order valence-corrected chi connectivity index (χ4v) is 6.14. The number of aliphatic hydroxyl groups is 1. The first-order valence-corrected chi connectivity index (χ1v) is 14.5. The minimum atomic E-state index is -0.699. The van der Waals surface area contributed by atoms with Crippen molar-refractivity contribution in [2.45, 2.75) is 37.3 Å². The van der Waals surface area contributed by atoms with Gasteiger partial charge in [0.15, 0.2) is 6.61 Å². The summed E-state index contributed by atoms with van der Waals surface area (Å²) in [6, 6.07) is 24.1. The quantitative estimate of drug-likeness (QED) is 0.389. The number of hydrogen-bond acceptors (Lipinski definition) is 6. The van der Waals surface area contributed by atoms with Crippen LogP contribution in [0.15, 0.2) is 72.8 Å². The van der Waals surface area contributed by atoms with Gasteiger partial charge in [0.05, 0.1) is 17.7 Å². The highest BCUT2D eigenvalue weighted by Crippen LogP contribution is 2.42. The Labute approximate surface area is 240 Å². The molecule has 0 unspecified atom stereocenters. The Morgan fingerprint density at radius 1 is 1.05 bits per heavy atom. The predicted molar refractivity (Wildman–Crippen MR) is 158 cm³/mol. The van der Waals surface area contributed by atoms with Crippen molar-refractivity contribution in [2.24, 2.45) is 5.92 Å². The average molecular weight is 556 g/mol. The molecule has 0 aromatic heterocycles. The van der Waals surface area contributed by atoms with Crippen LogP contribution in [-0.2, 0) is 14.3 Å². The summed E-state index contributed by atoms with van der Waals surface area (Å²) in [6.45, 7) is 1.98. The molecule has 2 N–H and O–H groups in total. The molecule has 8 nitrogen and oxygen atoms in total. The summed E-state index contributed by atoms with van der Waals surface area (Å²) in [4.78, 5) is 30.8. The molecule has 2 aliphatic heterocycles. The van der Waals surface area contributed by atoms with Crippen molar-refractivity contribution >= 4 is 23.2 Å². The molecule has 2 fully saturated rings. The van der Waals surface area contributed by atoms with Crippen molar-refractivity contribution in [1.29, 1.82) is 0 Å². The number of piperidine rings is 1. The molecule has 3 atom stereocenters. The van der Waals surface area contributed by atoms with E-state index in [1.54, 1.807) is 12.0 Å². The number of nitrogens with one attached hydrogen (secondary N) is 1. The van der Waals surface area contributed by atoms with E-state index in [0.717, 1.165) is 35.2 Å². The second kappa shape index (κ2) is 12.0. The molecule has 0 spiro atoms. The molecule has 2 heterocycles. The maximum Gasteiger partial charge on any atom is 0.265 e. The first kappa shape index (κ1) is 27.4. The number of carbonyl (C=O) groups is 2. The molecule has 0 bridgehead atoms. The zero-order valence-electron chi connectivity index (χ0n) is 23.4. The number of methoxy groups -OCH3 is 1. The molecule has 214 valence electrons. The second-order valence-electron chi connectivity index (χ2n) is 11.1. The summed E-state index contributed by atoms with van der Waals surface area (Å²) in [5.41, 5.74) is 4.56. The van der Waals surface area contributed by atoms with Crippen molar-refractivity contribution in [2.75, 3.05) is 49.8 Å². The van der Waals surface area contributed by atoms with Gasteiger partial charge in [0, 0.05) is 51.0 Å². The van der Waals surface area contributed by atoms with Crippen LogP contribution in [0, 0.1) is 5.92 Å². The van der Waals surface area contributed by atoms with Gasteiger partial charge in [-0.3, -0.25) is 9.59 Å². The Balaban J connectivity index is 1.32. The number of ether oxygens (including phenoxy) is 2. The van der Waals surface area contributed by atoms with Crippen molar-refractivity contribution in [3.05, 3.63) is 78.4 Å². The molecule has 8 heteroatoms. The SMILES string of the molecule is COCCCN1C(=O)COc2ccc(N(C(=O)[C@H]3CNC[C@@H](O)[C@@H]3c3cccc(-c4ccccc4)c3)C3CC3)cc21. The Morgan fingerprint density at radius 3 is 2.63 bits per heavy atom. The third-order valence-corrected chi connectivity index (χ3v) is 8.30. The fraction of sp³-hybridized carbons (Fsp3) is 0.394. The molecule has 1 saturated heterocycles. The molecule has 1 aliphatic carbocycles. The molecule has 3 aromatic rings. The van der Waals surface area contributed by atoms with Gasteiger partial charge in [-0.1, -0.05) is 54.6 Å². The first-order valence-electron chi connectivity index (χ1n) is 14.5. The zero-order chi connectivity index (χ0) is 28.3. The number of anilines is 2. The largest absolute Gasteiger partial charge is 0.482 e. The highest BCUT2D eigenvalue weighted by molar-refractivity contribution is 6.01. The number of rotatable bonds is 9. The molecule has 1 saturated carbocycles. The van der Waals surface area contributed by atoms with Crippen molar-refractivity contribution in [1.82, 2.24) is 5.32 Å². The average Bonchev–Trinajstić information content (AvgIpc) is 3.84. The van der Waals surface area contributed by atoms with Gasteiger partial charge in [-0.25, -0.2) is 0 Å². The highest BCUT2D eigenvalue weighted by Gasteiger charge is 2.44. The van der Waals surface area contributed by atoms with Crippen LogP contribution >= 0.6 is 0 Å². The van der Waals surface area contributed by atoms with E-state index in [2.05, 4.69) is 29.6 Å². The molecule has 6 rings (SSSR count). The summed E-state index contributed by atoms with van der Waals surface area (Å²) in [6.07, 6.45) is 1.85. The van der Waals surface area contributed by atoms with E-state index in [1.165, 1.54) is 0 Å². The van der Waals surface area contributed by atoms with E-state index in [-0.39, 0.29) is 30.4 Å². The van der Waals surface area contributed by atoms with E-state index in [1.807, 2.05) is 53.4 Å². The number of hydrogen-bond donors (Lipinski definition) is 2. The Morgan fingerprint density at radius 2 is 1.85 bits per heavy atom. The van der Waals surface area contributed by atoms with Crippen molar-refractivity contribution in [3.63, 3.8) is 0 Å². The molecule has 3 aromatic carbocycles. The molecule has 3 aliphatic rings. The van der Waals surface area contributed by atoms with Crippen LogP contribution in [-0.4, -0.2) is 69.0 Å². The zero-order valence-corrected chi connectivity index (χ0v) is 23.4. The van der Waals surface area contributed by atoms with Crippen LogP contribution in [0.4, 0.5) is 11.4 Å². The Kier molecular flexibility index (Phi) is 8.05. The van der Waals surface area contributed by atoms with Gasteiger partial charge in [0.25, 0.3) is 5.91 Å². The van der Waals surface area contributed by atoms with E-state index in [4.69, 9.17) is 9.47 Å². The lowest BCUT2D eigenvalue weighted by atomic mass is 9.77. The van der Waals surface area contributed by atoms with Crippen LogP contribution in [0.2, 0.25) is 0 Å². The van der Waals surface area contributed by atoms with Crippen LogP contribution in [0.3, 0.4) is 0 Å². The number of fused-ring (bicyclic) bond motifs is 1. The van der Waals surface area contributed by atoms with E-state index in [9.17, 15) is 14.7 Å². The lowest BCUT2D eigenvalue weighted by Crippen LogP contribution is -2.52. The first-order chi connectivity index (χ1) is 20.0. The van der Waals surface area contributed by atoms with Crippen molar-refractivity contribution in [3.8, 4) is 16.9 Å². The van der Waals surface area contributed by atoms with Crippen LogP contribution in [0.5, 0.6) is 5.75 Å². The van der Waals surface area contributed by atoms with Crippen LogP contribution in [0.25, 0.3) is 11.1 Å². The third-order valence-electron chi connectivity index (χ3n) is 8.30. The number of nitrogens with zero attached hydrogens (tertiary/aromatic N) is 2. The van der Waals surface area contributed by atoms with E-state index < -0.39 is 12.0 Å². The highest BCUT2D eigenvalue weighted by atomic mass is 16.5. The molecular formula is C33H37N3O5. The topological polar surface area (TPSA) is 91.3 Å². The number of β-amino-alcohol motifs (C(OH)–C–C–N with tert-alkyl or cyclic N) is 1. The monoisotopic (exact) mass is 555 g/mol. The second-order valence-corrected chi connectivity index (χ2v) is 11.1. The summed E-state index contributed by atoms with van der Waals surface area (Å²) in [7, 11) is 1.65. The minimum Gasteiger partial charge on any atom is -0.482 e.